The van der Waals surface area contributed by atoms with Crippen LogP contribution in [0.1, 0.15) is 26.2 Å². The molecule has 0 saturated carbocycles. The maximum Gasteiger partial charge on any atom is 0.0702 e. The lowest BCUT2D eigenvalue weighted by molar-refractivity contribution is 0.00165. The average molecular weight is 206 g/mol. The number of hydrogen-bond donors (Lipinski definition) is 0. The van der Waals surface area contributed by atoms with Crippen molar-refractivity contribution in [3.63, 3.8) is 0 Å². The molecular weight excluding hydrogens is 186 g/mol. The van der Waals surface area contributed by atoms with E-state index in [2.05, 4.69) is 11.8 Å². The van der Waals surface area contributed by atoms with Gasteiger partial charge >= 0.3 is 0 Å². The zero-order chi connectivity index (χ0) is 9.52. The molecular formula is C10H20ClNO. The Balaban J connectivity index is 2.16. The van der Waals surface area contributed by atoms with Gasteiger partial charge in [0.05, 0.1) is 6.10 Å². The fourth-order valence-corrected chi connectivity index (χ4v) is 2.00. The van der Waals surface area contributed by atoms with Crippen molar-refractivity contribution in [3.05, 3.63) is 0 Å². The first-order valence-electron chi connectivity index (χ1n) is 5.26. The highest BCUT2D eigenvalue weighted by Crippen LogP contribution is 2.13. The third-order valence-corrected chi connectivity index (χ3v) is 2.59. The van der Waals surface area contributed by atoms with Crippen LogP contribution in [0.2, 0.25) is 0 Å². The van der Waals surface area contributed by atoms with Gasteiger partial charge in [-0.05, 0) is 25.8 Å². The van der Waals surface area contributed by atoms with Gasteiger partial charge in [0.1, 0.15) is 0 Å². The topological polar surface area (TPSA) is 12.5 Å². The van der Waals surface area contributed by atoms with Crippen molar-refractivity contribution < 1.29 is 4.74 Å². The molecule has 1 saturated heterocycles. The molecule has 3 heteroatoms. The Morgan fingerprint density at radius 1 is 1.54 bits per heavy atom. The molecule has 1 heterocycles. The normalized spacial score (nSPS) is 24.9. The minimum Gasteiger partial charge on any atom is -0.377 e. The fraction of sp³-hybridized carbons (Fsp3) is 1.00. The van der Waals surface area contributed by atoms with Crippen LogP contribution >= 0.6 is 11.6 Å². The van der Waals surface area contributed by atoms with Gasteiger partial charge in [-0.25, -0.2) is 0 Å². The van der Waals surface area contributed by atoms with Crippen LogP contribution in [0.3, 0.4) is 0 Å². The van der Waals surface area contributed by atoms with Gasteiger partial charge in [0.2, 0.25) is 0 Å². The van der Waals surface area contributed by atoms with Crippen molar-refractivity contribution in [1.82, 2.24) is 4.90 Å². The molecule has 0 bridgehead atoms. The van der Waals surface area contributed by atoms with E-state index in [4.69, 9.17) is 16.3 Å². The van der Waals surface area contributed by atoms with Crippen molar-refractivity contribution in [1.29, 1.82) is 0 Å². The van der Waals surface area contributed by atoms with Crippen molar-refractivity contribution >= 4 is 11.6 Å². The maximum absolute atomic E-state index is 5.72. The van der Waals surface area contributed by atoms with Crippen LogP contribution in [0, 0.1) is 0 Å². The molecule has 1 aliphatic heterocycles. The Morgan fingerprint density at radius 3 is 3.08 bits per heavy atom. The van der Waals surface area contributed by atoms with E-state index in [0.717, 1.165) is 32.0 Å². The second-order valence-electron chi connectivity index (χ2n) is 3.62. The molecule has 0 radical (unpaired) electrons. The lowest BCUT2D eigenvalue weighted by atomic mass is 10.1. The lowest BCUT2D eigenvalue weighted by Gasteiger charge is -2.32. The van der Waals surface area contributed by atoms with Gasteiger partial charge in [-0.1, -0.05) is 6.92 Å². The van der Waals surface area contributed by atoms with Gasteiger partial charge in [0.15, 0.2) is 0 Å². The summed E-state index contributed by atoms with van der Waals surface area (Å²) in [5, 5.41) is 0. The first kappa shape index (κ1) is 11.3. The summed E-state index contributed by atoms with van der Waals surface area (Å²) in [6.45, 7) is 6.33. The first-order chi connectivity index (χ1) is 6.36. The maximum atomic E-state index is 5.72. The van der Waals surface area contributed by atoms with E-state index >= 15 is 0 Å². The monoisotopic (exact) mass is 205 g/mol. The van der Waals surface area contributed by atoms with E-state index < -0.39 is 0 Å². The fourth-order valence-electron chi connectivity index (χ4n) is 1.76. The quantitative estimate of drug-likeness (QED) is 0.638. The SMILES string of the molecule is CCCOC1CCCN(CCCl)C1. The predicted molar refractivity (Wildman–Crippen MR) is 56.4 cm³/mol. The Morgan fingerprint density at radius 2 is 2.38 bits per heavy atom. The molecule has 13 heavy (non-hydrogen) atoms. The highest BCUT2D eigenvalue weighted by Gasteiger charge is 2.19. The van der Waals surface area contributed by atoms with Crippen LogP contribution in [-0.2, 0) is 4.74 Å². The molecule has 1 unspecified atom stereocenters. The molecule has 0 amide bonds. The smallest absolute Gasteiger partial charge is 0.0702 e. The van der Waals surface area contributed by atoms with Gasteiger partial charge in [0.25, 0.3) is 0 Å². The summed E-state index contributed by atoms with van der Waals surface area (Å²) in [5.74, 6) is 0.737. The summed E-state index contributed by atoms with van der Waals surface area (Å²) in [4.78, 5) is 2.40. The zero-order valence-electron chi connectivity index (χ0n) is 8.47. The molecule has 1 atom stereocenters. The third kappa shape index (κ3) is 4.30. The van der Waals surface area contributed by atoms with Gasteiger partial charge < -0.3 is 4.74 Å². The number of likely N-dealkylation sites (tertiary alicyclic amines) is 1. The van der Waals surface area contributed by atoms with Gasteiger partial charge in [-0.15, -0.1) is 11.6 Å². The van der Waals surface area contributed by atoms with Crippen molar-refractivity contribution in [2.45, 2.75) is 32.3 Å². The Kier molecular flexibility index (Phi) is 5.76. The molecule has 0 aromatic carbocycles. The zero-order valence-corrected chi connectivity index (χ0v) is 9.22. The summed E-state index contributed by atoms with van der Waals surface area (Å²) in [5.41, 5.74) is 0. The van der Waals surface area contributed by atoms with Crippen LogP contribution in [-0.4, -0.2) is 43.1 Å². The van der Waals surface area contributed by atoms with Gasteiger partial charge in [-0.3, -0.25) is 4.90 Å². The van der Waals surface area contributed by atoms with Crippen LogP contribution < -0.4 is 0 Å². The molecule has 0 aromatic rings. The minimum atomic E-state index is 0.455. The third-order valence-electron chi connectivity index (χ3n) is 2.42. The Labute approximate surface area is 86.2 Å². The summed E-state index contributed by atoms with van der Waals surface area (Å²) in [6, 6.07) is 0. The van der Waals surface area contributed by atoms with Crippen LogP contribution in [0.25, 0.3) is 0 Å². The highest BCUT2D eigenvalue weighted by atomic mass is 35.5. The number of hydrogen-bond acceptors (Lipinski definition) is 2. The number of alkyl halides is 1. The van der Waals surface area contributed by atoms with E-state index in [-0.39, 0.29) is 0 Å². The van der Waals surface area contributed by atoms with Crippen molar-refractivity contribution in [2.24, 2.45) is 0 Å². The van der Waals surface area contributed by atoms with E-state index in [0.29, 0.717) is 6.10 Å². The summed E-state index contributed by atoms with van der Waals surface area (Å²) >= 11 is 5.70. The van der Waals surface area contributed by atoms with Crippen molar-refractivity contribution in [2.75, 3.05) is 32.1 Å². The highest BCUT2D eigenvalue weighted by molar-refractivity contribution is 6.18. The second-order valence-corrected chi connectivity index (χ2v) is 4.00. The molecule has 78 valence electrons. The Bertz CT molecular complexity index is 130. The van der Waals surface area contributed by atoms with E-state index in [1.165, 1.54) is 19.4 Å². The predicted octanol–water partition coefficient (Wildman–Crippen LogP) is 2.12. The standard InChI is InChI=1S/C10H20ClNO/c1-2-8-13-10-4-3-6-12(9-10)7-5-11/h10H,2-9H2,1H3. The molecule has 1 rings (SSSR count). The van der Waals surface area contributed by atoms with Crippen molar-refractivity contribution in [3.8, 4) is 0 Å². The Hall–Kier alpha value is 0.210. The summed E-state index contributed by atoms with van der Waals surface area (Å²) in [6.07, 6.45) is 4.05. The molecule has 0 aliphatic carbocycles. The second kappa shape index (κ2) is 6.63. The molecule has 0 N–H and O–H groups in total. The summed E-state index contributed by atoms with van der Waals surface area (Å²) in [7, 11) is 0. The number of ether oxygens (including phenoxy) is 1. The molecule has 1 aliphatic rings. The van der Waals surface area contributed by atoms with E-state index in [9.17, 15) is 0 Å². The van der Waals surface area contributed by atoms with Crippen LogP contribution in [0.4, 0.5) is 0 Å². The molecule has 1 fully saturated rings. The molecule has 0 spiro atoms. The minimum absolute atomic E-state index is 0.455. The number of nitrogens with zero attached hydrogens (tertiary/aromatic N) is 1. The van der Waals surface area contributed by atoms with E-state index in [1.54, 1.807) is 0 Å². The number of halogens is 1. The van der Waals surface area contributed by atoms with Gasteiger partial charge in [-0.2, -0.15) is 0 Å². The van der Waals surface area contributed by atoms with E-state index in [1.807, 2.05) is 0 Å². The summed E-state index contributed by atoms with van der Waals surface area (Å²) < 4.78 is 5.72. The van der Waals surface area contributed by atoms with Gasteiger partial charge in [0, 0.05) is 25.6 Å². The largest absolute Gasteiger partial charge is 0.377 e. The lowest BCUT2D eigenvalue weighted by Crippen LogP contribution is -2.40. The van der Waals surface area contributed by atoms with Crippen LogP contribution in [0.15, 0.2) is 0 Å². The molecule has 2 nitrogen and oxygen atoms in total. The first-order valence-corrected chi connectivity index (χ1v) is 5.80. The molecule has 0 aromatic heterocycles. The number of piperidine rings is 1. The number of rotatable bonds is 5. The average Bonchev–Trinajstić information content (AvgIpc) is 2.16. The van der Waals surface area contributed by atoms with Crippen LogP contribution in [0.5, 0.6) is 0 Å².